The predicted molar refractivity (Wildman–Crippen MR) is 141 cm³/mol. The van der Waals surface area contributed by atoms with Crippen LogP contribution in [-0.4, -0.2) is 22.1 Å². The lowest BCUT2D eigenvalue weighted by molar-refractivity contribution is 0.368. The molecule has 3 aromatic carbocycles. The van der Waals surface area contributed by atoms with Crippen LogP contribution in [0, 0.1) is 0 Å². The van der Waals surface area contributed by atoms with E-state index >= 15 is 0 Å². The number of benzene rings is 3. The van der Waals surface area contributed by atoms with E-state index in [2.05, 4.69) is 97.4 Å². The predicted octanol–water partition coefficient (Wildman–Crippen LogP) is 7.33. The Morgan fingerprint density at radius 1 is 0.941 bits per heavy atom. The Kier molecular flexibility index (Phi) is 6.42. The van der Waals surface area contributed by atoms with E-state index in [-0.39, 0.29) is 5.41 Å². The van der Waals surface area contributed by atoms with E-state index in [0.717, 1.165) is 47.9 Å². The van der Waals surface area contributed by atoms with Crippen molar-refractivity contribution in [3.05, 3.63) is 78.4 Å². The summed E-state index contributed by atoms with van der Waals surface area (Å²) in [6.45, 7) is 8.76. The second-order valence-electron chi connectivity index (χ2n) is 10.4. The van der Waals surface area contributed by atoms with Gasteiger partial charge in [-0.1, -0.05) is 63.6 Å². The molecule has 4 nitrogen and oxygen atoms in total. The highest BCUT2D eigenvalue weighted by molar-refractivity contribution is 5.80. The summed E-state index contributed by atoms with van der Waals surface area (Å²) in [6.07, 6.45) is 5.00. The minimum atomic E-state index is 0.130. The molecule has 1 N–H and O–H groups in total. The van der Waals surface area contributed by atoms with Crippen molar-refractivity contribution in [2.24, 2.45) is 0 Å². The van der Waals surface area contributed by atoms with Gasteiger partial charge in [0.05, 0.1) is 11.0 Å². The monoisotopic (exact) mass is 453 g/mol. The molecule has 1 unspecified atom stereocenters. The second-order valence-corrected chi connectivity index (χ2v) is 10.4. The molecule has 1 aliphatic heterocycles. The maximum Gasteiger partial charge on any atom is 0.141 e. The number of para-hydroxylation sites is 2. The Morgan fingerprint density at radius 3 is 2.53 bits per heavy atom. The van der Waals surface area contributed by atoms with Crippen LogP contribution in [0.3, 0.4) is 0 Å². The highest BCUT2D eigenvalue weighted by Crippen LogP contribution is 2.31. The van der Waals surface area contributed by atoms with Crippen LogP contribution in [0.2, 0.25) is 0 Å². The lowest BCUT2D eigenvalue weighted by Gasteiger charge is -2.24. The number of aromatic nitrogens is 2. The van der Waals surface area contributed by atoms with Crippen LogP contribution in [-0.2, 0) is 12.0 Å². The highest BCUT2D eigenvalue weighted by Gasteiger charge is 2.17. The SMILES string of the molecule is CC(C)(C)c1ccc(Oc2cccc(-c3nc4ccccc4n3CCC3CCCCN3)c2)cc1. The van der Waals surface area contributed by atoms with Crippen molar-refractivity contribution < 1.29 is 4.74 Å². The van der Waals surface area contributed by atoms with Crippen molar-refractivity contribution in [1.29, 1.82) is 0 Å². The number of aryl methyl sites for hydroxylation is 1. The van der Waals surface area contributed by atoms with Crippen molar-refractivity contribution in [3.8, 4) is 22.9 Å². The Balaban J connectivity index is 1.41. The molecule has 4 aromatic rings. The molecule has 0 aliphatic carbocycles. The maximum absolute atomic E-state index is 6.23. The van der Waals surface area contributed by atoms with Crippen LogP contribution in [0.15, 0.2) is 72.8 Å². The number of nitrogens with zero attached hydrogens (tertiary/aromatic N) is 2. The fourth-order valence-corrected chi connectivity index (χ4v) is 4.84. The van der Waals surface area contributed by atoms with E-state index in [0.29, 0.717) is 6.04 Å². The number of nitrogens with one attached hydrogen (secondary N) is 1. The van der Waals surface area contributed by atoms with Crippen LogP contribution in [0.25, 0.3) is 22.4 Å². The molecule has 0 saturated carbocycles. The van der Waals surface area contributed by atoms with Crippen molar-refractivity contribution in [2.75, 3.05) is 6.54 Å². The van der Waals surface area contributed by atoms with Gasteiger partial charge in [0.2, 0.25) is 0 Å². The van der Waals surface area contributed by atoms with Crippen molar-refractivity contribution in [1.82, 2.24) is 14.9 Å². The fraction of sp³-hybridized carbons (Fsp3) is 0.367. The van der Waals surface area contributed by atoms with Crippen molar-refractivity contribution in [3.63, 3.8) is 0 Å². The molecule has 1 aromatic heterocycles. The van der Waals surface area contributed by atoms with Gasteiger partial charge in [0.1, 0.15) is 17.3 Å². The lowest BCUT2D eigenvalue weighted by atomic mass is 9.87. The van der Waals surface area contributed by atoms with Crippen LogP contribution in [0.5, 0.6) is 11.5 Å². The number of hydrogen-bond acceptors (Lipinski definition) is 3. The summed E-state index contributed by atoms with van der Waals surface area (Å²) >= 11 is 0. The van der Waals surface area contributed by atoms with E-state index < -0.39 is 0 Å². The first-order chi connectivity index (χ1) is 16.5. The number of piperidine rings is 1. The molecule has 4 heteroatoms. The second kappa shape index (κ2) is 9.63. The molecule has 5 rings (SSSR count). The number of rotatable bonds is 6. The number of ether oxygens (including phenoxy) is 1. The van der Waals surface area contributed by atoms with Gasteiger partial charge < -0.3 is 14.6 Å². The average Bonchev–Trinajstić information content (AvgIpc) is 3.22. The standard InChI is InChI=1S/C30H35N3O/c1-30(2,3)23-14-16-25(17-15-23)34-26-11-8-9-22(21-26)29-32-27-12-4-5-13-28(27)33(29)20-18-24-10-6-7-19-31-24/h4-5,8-9,11-17,21,24,31H,6-7,10,18-20H2,1-3H3. The summed E-state index contributed by atoms with van der Waals surface area (Å²) in [5.41, 5.74) is 4.74. The van der Waals surface area contributed by atoms with Crippen molar-refractivity contribution >= 4 is 11.0 Å². The third kappa shape index (κ3) is 5.02. The van der Waals surface area contributed by atoms with E-state index in [1.54, 1.807) is 0 Å². The van der Waals surface area contributed by atoms with Gasteiger partial charge in [-0.2, -0.15) is 0 Å². The largest absolute Gasteiger partial charge is 0.457 e. The first-order valence-electron chi connectivity index (χ1n) is 12.5. The van der Waals surface area contributed by atoms with Crippen LogP contribution in [0.4, 0.5) is 0 Å². The molecule has 1 atom stereocenters. The zero-order chi connectivity index (χ0) is 23.5. The normalized spacial score (nSPS) is 16.6. The summed E-state index contributed by atoms with van der Waals surface area (Å²) < 4.78 is 8.61. The smallest absolute Gasteiger partial charge is 0.141 e. The topological polar surface area (TPSA) is 39.1 Å². The summed E-state index contributed by atoms with van der Waals surface area (Å²) in [6, 6.07) is 25.8. The van der Waals surface area contributed by atoms with Gasteiger partial charge in [-0.25, -0.2) is 4.98 Å². The molecule has 0 bridgehead atoms. The molecule has 0 amide bonds. The fourth-order valence-electron chi connectivity index (χ4n) is 4.84. The van der Waals surface area contributed by atoms with E-state index in [1.807, 2.05) is 6.07 Å². The number of imidazole rings is 1. The van der Waals surface area contributed by atoms with Gasteiger partial charge in [-0.05, 0) is 73.2 Å². The van der Waals surface area contributed by atoms with Gasteiger partial charge in [-0.3, -0.25) is 0 Å². The quantitative estimate of drug-likeness (QED) is 0.332. The molecule has 1 aliphatic rings. The first-order valence-corrected chi connectivity index (χ1v) is 12.5. The van der Waals surface area contributed by atoms with Gasteiger partial charge in [0.15, 0.2) is 0 Å². The third-order valence-electron chi connectivity index (χ3n) is 6.82. The van der Waals surface area contributed by atoms with Crippen molar-refractivity contribution in [2.45, 2.75) is 64.5 Å². The molecule has 1 saturated heterocycles. The molecule has 1 fully saturated rings. The minimum absolute atomic E-state index is 0.130. The summed E-state index contributed by atoms with van der Waals surface area (Å²) in [5.74, 6) is 2.68. The Labute approximate surface area is 203 Å². The van der Waals surface area contributed by atoms with Gasteiger partial charge in [0, 0.05) is 18.2 Å². The van der Waals surface area contributed by atoms with Gasteiger partial charge in [-0.15, -0.1) is 0 Å². The van der Waals surface area contributed by atoms with Crippen LogP contribution in [0.1, 0.15) is 52.0 Å². The minimum Gasteiger partial charge on any atom is -0.457 e. The zero-order valence-corrected chi connectivity index (χ0v) is 20.6. The summed E-state index contributed by atoms with van der Waals surface area (Å²) in [7, 11) is 0. The average molecular weight is 454 g/mol. The molecule has 34 heavy (non-hydrogen) atoms. The van der Waals surface area contributed by atoms with Gasteiger partial charge in [0.25, 0.3) is 0 Å². The highest BCUT2D eigenvalue weighted by atomic mass is 16.5. The Bertz CT molecular complexity index is 1240. The lowest BCUT2D eigenvalue weighted by Crippen LogP contribution is -2.34. The van der Waals surface area contributed by atoms with Crippen LogP contribution < -0.4 is 10.1 Å². The maximum atomic E-state index is 6.23. The summed E-state index contributed by atoms with van der Waals surface area (Å²) in [5, 5.41) is 3.68. The number of hydrogen-bond donors (Lipinski definition) is 1. The molecular weight excluding hydrogens is 418 g/mol. The number of fused-ring (bicyclic) bond motifs is 1. The molecule has 0 radical (unpaired) electrons. The molecular formula is C30H35N3O. The Hall–Kier alpha value is -3.11. The molecule has 2 heterocycles. The zero-order valence-electron chi connectivity index (χ0n) is 20.6. The van der Waals surface area contributed by atoms with E-state index in [9.17, 15) is 0 Å². The van der Waals surface area contributed by atoms with Gasteiger partial charge >= 0.3 is 0 Å². The summed E-state index contributed by atoms with van der Waals surface area (Å²) in [4.78, 5) is 5.02. The van der Waals surface area contributed by atoms with E-state index in [1.165, 1.54) is 30.3 Å². The Morgan fingerprint density at radius 2 is 1.76 bits per heavy atom. The third-order valence-corrected chi connectivity index (χ3v) is 6.82. The molecule has 0 spiro atoms. The molecule has 176 valence electrons. The first kappa shape index (κ1) is 22.7. The van der Waals surface area contributed by atoms with E-state index in [4.69, 9.17) is 9.72 Å². The van der Waals surface area contributed by atoms with Crippen LogP contribution >= 0.6 is 0 Å².